The molecule has 7 nitrogen and oxygen atoms in total. The van der Waals surface area contributed by atoms with Gasteiger partial charge in [-0.3, -0.25) is 19.9 Å². The molecule has 0 spiro atoms. The van der Waals surface area contributed by atoms with Gasteiger partial charge in [-0.05, 0) is 41.1 Å². The molecule has 0 unspecified atom stereocenters. The van der Waals surface area contributed by atoms with Gasteiger partial charge in [0, 0.05) is 44.9 Å². The summed E-state index contributed by atoms with van der Waals surface area (Å²) in [6.45, 7) is 6.12. The zero-order chi connectivity index (χ0) is 25.6. The molecule has 0 aliphatic rings. The van der Waals surface area contributed by atoms with Crippen LogP contribution >= 0.6 is 11.3 Å². The maximum atomic E-state index is 12.4. The first-order valence-corrected chi connectivity index (χ1v) is 13.0. The molecule has 0 radical (unpaired) electrons. The number of pyridine rings is 2. The summed E-state index contributed by atoms with van der Waals surface area (Å²) in [7, 11) is 0. The van der Waals surface area contributed by atoms with Gasteiger partial charge in [0.25, 0.3) is 0 Å². The van der Waals surface area contributed by atoms with Gasteiger partial charge in [-0.25, -0.2) is 0 Å². The lowest BCUT2D eigenvalue weighted by atomic mass is 9.92. The van der Waals surface area contributed by atoms with Crippen molar-refractivity contribution in [2.45, 2.75) is 27.2 Å². The predicted molar refractivity (Wildman–Crippen MR) is 150 cm³/mol. The molecule has 0 saturated carbocycles. The highest BCUT2D eigenvalue weighted by atomic mass is 32.1. The van der Waals surface area contributed by atoms with Gasteiger partial charge < -0.3 is 10.3 Å². The third-order valence-corrected chi connectivity index (χ3v) is 7.06. The maximum absolute atomic E-state index is 12.4. The Labute approximate surface area is 218 Å². The highest BCUT2D eigenvalue weighted by Gasteiger charge is 2.17. The van der Waals surface area contributed by atoms with Crippen molar-refractivity contribution in [3.8, 4) is 33.1 Å². The van der Waals surface area contributed by atoms with E-state index in [0.29, 0.717) is 12.1 Å². The average molecular weight is 507 g/mol. The van der Waals surface area contributed by atoms with Crippen LogP contribution < -0.4 is 5.32 Å². The number of carbonyl (C=O) groups excluding carboxylic acids is 1. The number of nitrogens with zero attached hydrogens (tertiary/aromatic N) is 3. The van der Waals surface area contributed by atoms with E-state index in [1.54, 1.807) is 29.9 Å². The monoisotopic (exact) mass is 506 g/mol. The molecule has 3 N–H and O–H groups in total. The van der Waals surface area contributed by atoms with Crippen LogP contribution in [0, 0.1) is 5.41 Å². The summed E-state index contributed by atoms with van der Waals surface area (Å²) in [6.07, 6.45) is 5.62. The fraction of sp³-hybridized carbons (Fsp3) is 0.172. The number of nitrogens with one attached hydrogen (secondary N) is 3. The van der Waals surface area contributed by atoms with E-state index in [1.165, 1.54) is 10.4 Å². The van der Waals surface area contributed by atoms with Gasteiger partial charge in [-0.2, -0.15) is 5.10 Å². The third-order valence-electron chi connectivity index (χ3n) is 6.16. The van der Waals surface area contributed by atoms with Crippen molar-refractivity contribution in [3.63, 3.8) is 0 Å². The molecular weight excluding hydrogens is 480 g/mol. The third kappa shape index (κ3) is 4.63. The molecule has 5 aromatic heterocycles. The molecule has 184 valence electrons. The lowest BCUT2D eigenvalue weighted by Crippen LogP contribution is -2.19. The van der Waals surface area contributed by atoms with E-state index in [4.69, 9.17) is 0 Å². The van der Waals surface area contributed by atoms with Gasteiger partial charge in [0.15, 0.2) is 0 Å². The molecular formula is C29H26N6OS. The van der Waals surface area contributed by atoms with Crippen molar-refractivity contribution in [2.24, 2.45) is 5.41 Å². The minimum Gasteiger partial charge on any atom is -0.353 e. The summed E-state index contributed by atoms with van der Waals surface area (Å²) in [5, 5.41) is 14.9. The summed E-state index contributed by atoms with van der Waals surface area (Å²) in [5.41, 5.74) is 7.01. The van der Waals surface area contributed by atoms with Crippen LogP contribution in [-0.4, -0.2) is 31.1 Å². The molecule has 37 heavy (non-hydrogen) atoms. The number of aromatic amines is 2. The number of thiophene rings is 1. The molecule has 5 heterocycles. The fourth-order valence-electron chi connectivity index (χ4n) is 4.54. The van der Waals surface area contributed by atoms with Gasteiger partial charge in [-0.1, -0.05) is 39.0 Å². The molecule has 0 fully saturated rings. The van der Waals surface area contributed by atoms with E-state index in [-0.39, 0.29) is 11.3 Å². The molecule has 0 atom stereocenters. The number of anilines is 1. The lowest BCUT2D eigenvalue weighted by molar-refractivity contribution is -0.117. The van der Waals surface area contributed by atoms with Crippen LogP contribution in [0.15, 0.2) is 72.5 Å². The predicted octanol–water partition coefficient (Wildman–Crippen LogP) is 7.27. The van der Waals surface area contributed by atoms with Crippen molar-refractivity contribution in [1.29, 1.82) is 0 Å². The maximum Gasteiger partial charge on any atom is 0.224 e. The van der Waals surface area contributed by atoms with Gasteiger partial charge in [0.05, 0.1) is 35.0 Å². The summed E-state index contributed by atoms with van der Waals surface area (Å²) in [5.74, 6) is -0.0345. The molecule has 0 aliphatic carbocycles. The van der Waals surface area contributed by atoms with Gasteiger partial charge in [0.1, 0.15) is 5.69 Å². The number of fused-ring (bicyclic) bond motifs is 2. The molecule has 0 aliphatic heterocycles. The molecule has 0 saturated heterocycles. The Morgan fingerprint density at radius 3 is 2.70 bits per heavy atom. The van der Waals surface area contributed by atoms with E-state index >= 15 is 0 Å². The van der Waals surface area contributed by atoms with Crippen molar-refractivity contribution >= 4 is 44.7 Å². The number of hydrogen-bond acceptors (Lipinski definition) is 5. The summed E-state index contributed by atoms with van der Waals surface area (Å²) < 4.78 is 0. The van der Waals surface area contributed by atoms with Crippen LogP contribution in [0.2, 0.25) is 0 Å². The van der Waals surface area contributed by atoms with Crippen LogP contribution in [0.25, 0.3) is 54.9 Å². The normalized spacial score (nSPS) is 11.9. The second kappa shape index (κ2) is 8.97. The molecule has 8 heteroatoms. The first-order chi connectivity index (χ1) is 17.8. The minimum absolute atomic E-state index is 0.0345. The number of aromatic nitrogens is 5. The van der Waals surface area contributed by atoms with Crippen LogP contribution in [0.1, 0.15) is 27.2 Å². The number of H-pyrrole nitrogens is 2. The molecule has 6 aromatic rings. The first kappa shape index (κ1) is 23.1. The summed E-state index contributed by atoms with van der Waals surface area (Å²) in [4.78, 5) is 26.2. The van der Waals surface area contributed by atoms with Crippen LogP contribution in [0.4, 0.5) is 5.69 Å². The van der Waals surface area contributed by atoms with E-state index < -0.39 is 0 Å². The van der Waals surface area contributed by atoms with Crippen LogP contribution in [0.5, 0.6) is 0 Å². The number of benzene rings is 1. The first-order valence-electron chi connectivity index (χ1n) is 12.1. The highest BCUT2D eigenvalue weighted by molar-refractivity contribution is 7.13. The number of carbonyl (C=O) groups is 1. The Morgan fingerprint density at radius 2 is 1.89 bits per heavy atom. The van der Waals surface area contributed by atoms with Gasteiger partial charge in [0.2, 0.25) is 5.91 Å². The average Bonchev–Trinajstić information content (AvgIpc) is 3.61. The number of amides is 1. The fourth-order valence-corrected chi connectivity index (χ4v) is 5.31. The van der Waals surface area contributed by atoms with Crippen LogP contribution in [0.3, 0.4) is 0 Å². The largest absolute Gasteiger partial charge is 0.353 e. The van der Waals surface area contributed by atoms with Gasteiger partial charge >= 0.3 is 0 Å². The Bertz CT molecular complexity index is 1740. The highest BCUT2D eigenvalue weighted by Crippen LogP contribution is 2.36. The minimum atomic E-state index is -0.0907. The van der Waals surface area contributed by atoms with E-state index in [9.17, 15) is 4.79 Å². The Kier molecular flexibility index (Phi) is 5.61. The molecule has 0 bridgehead atoms. The summed E-state index contributed by atoms with van der Waals surface area (Å²) in [6, 6.07) is 16.6. The second-order valence-electron chi connectivity index (χ2n) is 10.4. The second-order valence-corrected chi connectivity index (χ2v) is 11.3. The number of hydrogen-bond donors (Lipinski definition) is 3. The molecule has 1 amide bonds. The number of rotatable bonds is 5. The topological polar surface area (TPSA) is 99.4 Å². The summed E-state index contributed by atoms with van der Waals surface area (Å²) >= 11 is 1.73. The van der Waals surface area contributed by atoms with Crippen molar-refractivity contribution in [1.82, 2.24) is 25.1 Å². The lowest BCUT2D eigenvalue weighted by Gasteiger charge is -2.17. The molecule has 6 rings (SSSR count). The van der Waals surface area contributed by atoms with E-state index in [0.717, 1.165) is 44.5 Å². The van der Waals surface area contributed by atoms with Gasteiger partial charge in [-0.15, -0.1) is 11.3 Å². The van der Waals surface area contributed by atoms with E-state index in [2.05, 4.69) is 72.2 Å². The quantitative estimate of drug-likeness (QED) is 0.229. The standard InChI is InChI=1S/C29H26N6OS/c1-29(2,3)13-27(36)32-18-10-17(14-30-15-18)23-12-21-25(16-31-23)34-35-28(21)24-11-20-19(26-8-5-9-37-26)6-4-7-22(20)33-24/h4-12,14-16,33H,13H2,1-3H3,(H,32,36)(H,34,35). The van der Waals surface area contributed by atoms with E-state index in [1.807, 2.05) is 32.9 Å². The molecule has 1 aromatic carbocycles. The Hall–Kier alpha value is -4.30. The van der Waals surface area contributed by atoms with Crippen molar-refractivity contribution in [2.75, 3.05) is 5.32 Å². The van der Waals surface area contributed by atoms with Crippen LogP contribution in [-0.2, 0) is 4.79 Å². The Balaban J connectivity index is 1.36. The zero-order valence-corrected chi connectivity index (χ0v) is 21.6. The zero-order valence-electron chi connectivity index (χ0n) is 20.8. The SMILES string of the molecule is CC(C)(C)CC(=O)Nc1cncc(-c2cc3c(-c4cc5c(-c6cccs6)cccc5[nH]4)n[nH]c3cn2)c1. The van der Waals surface area contributed by atoms with Crippen molar-refractivity contribution < 1.29 is 4.79 Å². The van der Waals surface area contributed by atoms with Crippen molar-refractivity contribution in [3.05, 3.63) is 72.5 Å². The smallest absolute Gasteiger partial charge is 0.224 e. The Morgan fingerprint density at radius 1 is 1.00 bits per heavy atom.